The van der Waals surface area contributed by atoms with Gasteiger partial charge in [0.1, 0.15) is 0 Å². The third kappa shape index (κ3) is 2.85. The van der Waals surface area contributed by atoms with Crippen LogP contribution in [0.15, 0.2) is 38.0 Å². The zero-order valence-electron chi connectivity index (χ0n) is 9.92. The second-order valence-corrected chi connectivity index (χ2v) is 4.64. The Labute approximate surface area is 89.0 Å². The number of quaternary nitrogens is 1. The van der Waals surface area contributed by atoms with Crippen molar-refractivity contribution in [3.63, 3.8) is 0 Å². The summed E-state index contributed by atoms with van der Waals surface area (Å²) in [5.74, 6) is 0. The number of hydrogen-bond acceptors (Lipinski definition) is 0. The van der Waals surface area contributed by atoms with Crippen molar-refractivity contribution in [1.82, 2.24) is 0 Å². The maximum atomic E-state index is 3.83. The summed E-state index contributed by atoms with van der Waals surface area (Å²) in [6.07, 6.45) is 6.95. The molecular weight excluding hydrogens is 170 g/mol. The molecule has 0 aliphatic heterocycles. The number of likely N-dealkylation sites (N-methyl/N-ethyl adjacent to an activating group) is 1. The molecule has 80 valence electrons. The monoisotopic (exact) mass is 194 g/mol. The summed E-state index contributed by atoms with van der Waals surface area (Å²) in [5.41, 5.74) is 0.185. The van der Waals surface area contributed by atoms with Gasteiger partial charge in [0, 0.05) is 6.42 Å². The van der Waals surface area contributed by atoms with E-state index in [9.17, 15) is 0 Å². The molecule has 0 N–H and O–H groups in total. The van der Waals surface area contributed by atoms with E-state index in [-0.39, 0.29) is 5.54 Å². The van der Waals surface area contributed by atoms with Gasteiger partial charge in [0.05, 0.1) is 25.7 Å². The van der Waals surface area contributed by atoms with E-state index < -0.39 is 0 Å². The summed E-state index contributed by atoms with van der Waals surface area (Å²) in [4.78, 5) is 0. The zero-order chi connectivity index (χ0) is 11.2. The summed E-state index contributed by atoms with van der Waals surface area (Å²) in [6, 6.07) is 0. The average Bonchev–Trinajstić information content (AvgIpc) is 2.04. The van der Waals surface area contributed by atoms with Gasteiger partial charge in [-0.05, 0) is 26.0 Å². The molecule has 0 aromatic rings. The highest BCUT2D eigenvalue weighted by Gasteiger charge is 2.36. The summed E-state index contributed by atoms with van der Waals surface area (Å²) in [6.45, 7) is 17.9. The predicted octanol–water partition coefficient (Wildman–Crippen LogP) is 3.16. The Hall–Kier alpha value is -0.820. The molecule has 14 heavy (non-hydrogen) atoms. The second kappa shape index (κ2) is 5.16. The fraction of sp³-hybridized carbons (Fsp3) is 0.538. The molecule has 0 amide bonds. The molecule has 0 heterocycles. The normalized spacial score (nSPS) is 12.2. The van der Waals surface area contributed by atoms with Crippen LogP contribution in [-0.2, 0) is 0 Å². The largest absolute Gasteiger partial charge is 0.315 e. The van der Waals surface area contributed by atoms with Crippen molar-refractivity contribution < 1.29 is 4.48 Å². The van der Waals surface area contributed by atoms with Crippen LogP contribution in [0.25, 0.3) is 0 Å². The molecule has 0 aliphatic carbocycles. The molecular formula is C13H24N+. The molecule has 0 fully saturated rings. The van der Waals surface area contributed by atoms with E-state index >= 15 is 0 Å². The first kappa shape index (κ1) is 13.2. The summed E-state index contributed by atoms with van der Waals surface area (Å²) in [5, 5.41) is 0. The molecule has 0 unspecified atom stereocenters. The molecule has 0 bridgehead atoms. The topological polar surface area (TPSA) is 0 Å². The van der Waals surface area contributed by atoms with Crippen LogP contribution in [0.4, 0.5) is 0 Å². The third-order valence-corrected chi connectivity index (χ3v) is 3.17. The van der Waals surface area contributed by atoms with Crippen molar-refractivity contribution in [2.75, 3.05) is 20.1 Å². The second-order valence-electron chi connectivity index (χ2n) is 4.64. The van der Waals surface area contributed by atoms with Gasteiger partial charge in [-0.1, -0.05) is 19.2 Å². The summed E-state index contributed by atoms with van der Waals surface area (Å²) < 4.78 is 0.937. The molecule has 0 aromatic heterocycles. The summed E-state index contributed by atoms with van der Waals surface area (Å²) >= 11 is 0. The van der Waals surface area contributed by atoms with E-state index in [4.69, 9.17) is 0 Å². The molecule has 1 heteroatoms. The van der Waals surface area contributed by atoms with E-state index in [1.165, 1.54) is 0 Å². The van der Waals surface area contributed by atoms with Crippen LogP contribution in [0.5, 0.6) is 0 Å². The molecule has 0 saturated carbocycles. The highest BCUT2D eigenvalue weighted by atomic mass is 15.4. The number of nitrogens with zero attached hydrogens (tertiary/aromatic N) is 1. The predicted molar refractivity (Wildman–Crippen MR) is 65.2 cm³/mol. The van der Waals surface area contributed by atoms with E-state index in [2.05, 4.69) is 40.6 Å². The Morgan fingerprint density at radius 2 is 1.43 bits per heavy atom. The van der Waals surface area contributed by atoms with Crippen LogP contribution in [0.3, 0.4) is 0 Å². The van der Waals surface area contributed by atoms with Crippen molar-refractivity contribution in [2.24, 2.45) is 0 Å². The molecule has 0 atom stereocenters. The molecule has 0 rings (SSSR count). The van der Waals surface area contributed by atoms with Crippen LogP contribution in [0, 0.1) is 0 Å². The number of hydrogen-bond donors (Lipinski definition) is 0. The molecule has 0 spiro atoms. The Balaban J connectivity index is 4.84. The van der Waals surface area contributed by atoms with Crippen molar-refractivity contribution in [2.45, 2.75) is 25.8 Å². The third-order valence-electron chi connectivity index (χ3n) is 3.17. The van der Waals surface area contributed by atoms with Gasteiger partial charge in [-0.15, -0.1) is 6.58 Å². The van der Waals surface area contributed by atoms with Crippen LogP contribution >= 0.6 is 0 Å². The van der Waals surface area contributed by atoms with Gasteiger partial charge < -0.3 is 4.48 Å². The van der Waals surface area contributed by atoms with Gasteiger partial charge in [-0.25, -0.2) is 0 Å². The molecule has 0 aromatic carbocycles. The lowest BCUT2D eigenvalue weighted by atomic mass is 9.94. The van der Waals surface area contributed by atoms with E-state index in [0.29, 0.717) is 0 Å². The summed E-state index contributed by atoms with van der Waals surface area (Å²) in [7, 11) is 2.24. The van der Waals surface area contributed by atoms with Crippen LogP contribution in [-0.4, -0.2) is 30.2 Å². The molecule has 1 nitrogen and oxygen atoms in total. The highest BCUT2D eigenvalue weighted by Crippen LogP contribution is 2.26. The standard InChI is InChI=1S/C13H24N/c1-7-10-13(4,5)14(6,11-8-2)12-9-3/h7-9H,1-3,10-12H2,4-6H3/q+1. The average molecular weight is 194 g/mol. The first-order valence-corrected chi connectivity index (χ1v) is 5.11. The fourth-order valence-corrected chi connectivity index (χ4v) is 1.71. The minimum atomic E-state index is 0.185. The molecule has 0 aliphatic rings. The van der Waals surface area contributed by atoms with Crippen LogP contribution in [0.1, 0.15) is 20.3 Å². The van der Waals surface area contributed by atoms with Crippen molar-refractivity contribution in [3.05, 3.63) is 38.0 Å². The van der Waals surface area contributed by atoms with Crippen LogP contribution < -0.4 is 0 Å². The minimum absolute atomic E-state index is 0.185. The van der Waals surface area contributed by atoms with Crippen molar-refractivity contribution in [3.8, 4) is 0 Å². The first-order chi connectivity index (χ1) is 6.43. The van der Waals surface area contributed by atoms with Crippen molar-refractivity contribution >= 4 is 0 Å². The van der Waals surface area contributed by atoms with Crippen LogP contribution in [0.2, 0.25) is 0 Å². The minimum Gasteiger partial charge on any atom is -0.315 e. The van der Waals surface area contributed by atoms with E-state index in [1.807, 2.05) is 18.2 Å². The Kier molecular flexibility index (Phi) is 4.86. The Morgan fingerprint density at radius 3 is 1.71 bits per heavy atom. The maximum Gasteiger partial charge on any atom is 0.0975 e. The highest BCUT2D eigenvalue weighted by molar-refractivity contribution is 4.85. The maximum absolute atomic E-state index is 3.83. The van der Waals surface area contributed by atoms with Gasteiger partial charge in [-0.2, -0.15) is 0 Å². The zero-order valence-corrected chi connectivity index (χ0v) is 9.92. The Bertz CT molecular complexity index is 203. The van der Waals surface area contributed by atoms with Gasteiger partial charge >= 0.3 is 0 Å². The van der Waals surface area contributed by atoms with Gasteiger partial charge in [0.15, 0.2) is 0 Å². The van der Waals surface area contributed by atoms with Gasteiger partial charge in [-0.3, -0.25) is 0 Å². The van der Waals surface area contributed by atoms with Crippen molar-refractivity contribution in [1.29, 1.82) is 0 Å². The number of rotatable bonds is 7. The van der Waals surface area contributed by atoms with E-state index in [0.717, 1.165) is 24.0 Å². The fourth-order valence-electron chi connectivity index (χ4n) is 1.71. The first-order valence-electron chi connectivity index (χ1n) is 5.11. The molecule has 0 saturated heterocycles. The SMILES string of the molecule is C=CCC(C)(C)[N+](C)(CC=C)CC=C. The van der Waals surface area contributed by atoms with Gasteiger partial charge in [0.25, 0.3) is 0 Å². The lowest BCUT2D eigenvalue weighted by Crippen LogP contribution is -2.58. The molecule has 0 radical (unpaired) electrons. The smallest absolute Gasteiger partial charge is 0.0975 e. The quantitative estimate of drug-likeness (QED) is 0.431. The lowest BCUT2D eigenvalue weighted by molar-refractivity contribution is -0.945. The lowest BCUT2D eigenvalue weighted by Gasteiger charge is -2.46. The van der Waals surface area contributed by atoms with E-state index in [1.54, 1.807) is 0 Å². The van der Waals surface area contributed by atoms with Gasteiger partial charge in [0.2, 0.25) is 0 Å². The Morgan fingerprint density at radius 1 is 1.00 bits per heavy atom.